The Bertz CT molecular complexity index is 1310. The number of hydrogen-bond donors (Lipinski definition) is 2. The Kier molecular flexibility index (Phi) is 8.58. The zero-order chi connectivity index (χ0) is 28.4. The van der Waals surface area contributed by atoms with Crippen LogP contribution in [0.3, 0.4) is 0 Å². The average molecular weight is 593 g/mol. The van der Waals surface area contributed by atoms with Crippen molar-refractivity contribution in [3.63, 3.8) is 0 Å². The minimum atomic E-state index is -4.43. The number of hydrogen-bond acceptors (Lipinski definition) is 7. The lowest BCUT2D eigenvalue weighted by Crippen LogP contribution is -2.45. The summed E-state index contributed by atoms with van der Waals surface area (Å²) in [6, 6.07) is 8.48. The van der Waals surface area contributed by atoms with E-state index < -0.39 is 23.6 Å². The summed E-state index contributed by atoms with van der Waals surface area (Å²) in [6.07, 6.45) is 0.0240. The lowest BCUT2D eigenvalue weighted by molar-refractivity contribution is -0.137. The van der Waals surface area contributed by atoms with Gasteiger partial charge in [-0.2, -0.15) is 18.3 Å². The number of hydrazone groups is 1. The molecule has 2 fully saturated rings. The standard InChI is InChI=1S/C28H31F3N4O3S2/c1-17(21-16-39-25(24(21)36)18-4-6-19(7-5-18)28(29,30)31)32-33-26(37)22-8-9-23(40-22)27(38)35-14-10-20(11-15-35)34-12-2-3-13-34/h4-9,20-21,36H,2-3,10-16H2,1H3,(H,33,37)/b32-17+. The van der Waals surface area contributed by atoms with Gasteiger partial charge in [0.1, 0.15) is 5.76 Å². The van der Waals surface area contributed by atoms with Crippen LogP contribution in [0, 0.1) is 5.92 Å². The highest BCUT2D eigenvalue weighted by Crippen LogP contribution is 2.42. The van der Waals surface area contributed by atoms with Crippen LogP contribution in [-0.4, -0.2) is 70.4 Å². The molecule has 3 aliphatic heterocycles. The van der Waals surface area contributed by atoms with Gasteiger partial charge >= 0.3 is 6.18 Å². The Labute approximate surface area is 239 Å². The van der Waals surface area contributed by atoms with Gasteiger partial charge in [0.05, 0.1) is 26.1 Å². The van der Waals surface area contributed by atoms with E-state index in [-0.39, 0.29) is 11.7 Å². The zero-order valence-electron chi connectivity index (χ0n) is 22.0. The second-order valence-corrected chi connectivity index (χ2v) is 12.4. The smallest absolute Gasteiger partial charge is 0.416 e. The first-order chi connectivity index (χ1) is 19.1. The summed E-state index contributed by atoms with van der Waals surface area (Å²) in [5.41, 5.74) is 2.71. The number of carbonyl (C=O) groups is 2. The number of alkyl halides is 3. The predicted octanol–water partition coefficient (Wildman–Crippen LogP) is 5.86. The van der Waals surface area contributed by atoms with Crippen molar-refractivity contribution in [1.82, 2.24) is 15.2 Å². The van der Waals surface area contributed by atoms with Gasteiger partial charge in [0.15, 0.2) is 0 Å². The van der Waals surface area contributed by atoms with Crippen LogP contribution in [0.25, 0.3) is 4.91 Å². The zero-order valence-corrected chi connectivity index (χ0v) is 23.7. The molecule has 214 valence electrons. The third kappa shape index (κ3) is 6.23. The number of thioether (sulfide) groups is 1. The largest absolute Gasteiger partial charge is 0.510 e. The molecule has 40 heavy (non-hydrogen) atoms. The molecule has 0 aliphatic carbocycles. The van der Waals surface area contributed by atoms with Gasteiger partial charge < -0.3 is 14.9 Å². The van der Waals surface area contributed by atoms with E-state index in [1.54, 1.807) is 19.1 Å². The molecule has 12 heteroatoms. The highest BCUT2D eigenvalue weighted by Gasteiger charge is 2.33. The molecule has 1 unspecified atom stereocenters. The number of allylic oxidation sites excluding steroid dienone is 1. The third-order valence-corrected chi connectivity index (χ3v) is 10.0. The van der Waals surface area contributed by atoms with Gasteiger partial charge in [-0.05, 0) is 75.5 Å². The number of piperidine rings is 1. The molecule has 5 rings (SSSR count). The van der Waals surface area contributed by atoms with E-state index in [0.29, 0.717) is 50.8 Å². The molecule has 0 radical (unpaired) electrons. The van der Waals surface area contributed by atoms with E-state index >= 15 is 0 Å². The number of nitrogens with one attached hydrogen (secondary N) is 1. The van der Waals surface area contributed by atoms with Crippen molar-refractivity contribution in [1.29, 1.82) is 0 Å². The van der Waals surface area contributed by atoms with Crippen LogP contribution in [0.15, 0.2) is 47.3 Å². The summed E-state index contributed by atoms with van der Waals surface area (Å²) < 4.78 is 38.6. The molecule has 3 aliphatic rings. The molecule has 2 N–H and O–H groups in total. The van der Waals surface area contributed by atoms with Gasteiger partial charge in [0.2, 0.25) is 0 Å². The molecule has 0 saturated carbocycles. The molecule has 0 bridgehead atoms. The van der Waals surface area contributed by atoms with Gasteiger partial charge in [-0.3, -0.25) is 9.59 Å². The fourth-order valence-electron chi connectivity index (χ4n) is 5.38. The Morgan fingerprint density at radius 3 is 2.30 bits per heavy atom. The van der Waals surface area contributed by atoms with Crippen molar-refractivity contribution >= 4 is 45.5 Å². The second kappa shape index (κ2) is 12.0. The summed E-state index contributed by atoms with van der Waals surface area (Å²) >= 11 is 2.45. The molecule has 0 spiro atoms. The molecule has 7 nitrogen and oxygen atoms in total. The van der Waals surface area contributed by atoms with Gasteiger partial charge in [-0.1, -0.05) is 12.1 Å². The van der Waals surface area contributed by atoms with Crippen LogP contribution in [-0.2, 0) is 6.18 Å². The van der Waals surface area contributed by atoms with Crippen LogP contribution in [0.2, 0.25) is 0 Å². The van der Waals surface area contributed by atoms with E-state index in [4.69, 9.17) is 0 Å². The van der Waals surface area contributed by atoms with Crippen LogP contribution in [0.4, 0.5) is 13.2 Å². The minimum absolute atomic E-state index is 0.0118. The van der Waals surface area contributed by atoms with Crippen molar-refractivity contribution in [2.75, 3.05) is 31.9 Å². The molecule has 1 atom stereocenters. The molecular formula is C28H31F3N4O3S2. The number of aliphatic hydroxyl groups excluding tert-OH is 1. The highest BCUT2D eigenvalue weighted by atomic mass is 32.2. The maximum Gasteiger partial charge on any atom is 0.416 e. The summed E-state index contributed by atoms with van der Waals surface area (Å²) in [5, 5.41) is 14.9. The Balaban J connectivity index is 1.16. The van der Waals surface area contributed by atoms with Crippen LogP contribution in [0.1, 0.15) is 63.1 Å². The van der Waals surface area contributed by atoms with E-state index in [1.807, 2.05) is 4.90 Å². The quantitative estimate of drug-likeness (QED) is 0.324. The molecule has 2 saturated heterocycles. The molecule has 2 aromatic rings. The number of rotatable bonds is 6. The van der Waals surface area contributed by atoms with E-state index in [9.17, 15) is 27.9 Å². The Morgan fingerprint density at radius 2 is 1.65 bits per heavy atom. The van der Waals surface area contributed by atoms with Crippen molar-refractivity contribution in [3.8, 4) is 0 Å². The SMILES string of the molecule is C/C(=N\NC(=O)c1ccc(C(=O)N2CCC(N3CCCC3)CC2)s1)C1CSC(c2ccc(C(F)(F)F)cc2)=C1O. The summed E-state index contributed by atoms with van der Waals surface area (Å²) in [4.78, 5) is 31.5. The first-order valence-corrected chi connectivity index (χ1v) is 15.1. The lowest BCUT2D eigenvalue weighted by Gasteiger charge is -2.36. The minimum Gasteiger partial charge on any atom is -0.510 e. The van der Waals surface area contributed by atoms with E-state index in [2.05, 4.69) is 15.4 Å². The van der Waals surface area contributed by atoms with Crippen LogP contribution >= 0.6 is 23.1 Å². The van der Waals surface area contributed by atoms with Gasteiger partial charge in [-0.25, -0.2) is 5.43 Å². The molecule has 1 aromatic carbocycles. The predicted molar refractivity (Wildman–Crippen MR) is 152 cm³/mol. The van der Waals surface area contributed by atoms with Crippen molar-refractivity contribution in [2.45, 2.75) is 44.8 Å². The van der Waals surface area contributed by atoms with Crippen LogP contribution in [0.5, 0.6) is 0 Å². The van der Waals surface area contributed by atoms with Gasteiger partial charge in [0, 0.05) is 30.6 Å². The third-order valence-electron chi connectivity index (χ3n) is 7.72. The topological polar surface area (TPSA) is 85.2 Å². The van der Waals surface area contributed by atoms with E-state index in [0.717, 1.165) is 49.4 Å². The molecule has 1 aromatic heterocycles. The van der Waals surface area contributed by atoms with Gasteiger partial charge in [-0.15, -0.1) is 23.1 Å². The number of carbonyl (C=O) groups excluding carboxylic acids is 2. The molecule has 2 amide bonds. The first kappa shape index (κ1) is 28.7. The van der Waals surface area contributed by atoms with Crippen molar-refractivity contribution < 1.29 is 27.9 Å². The Morgan fingerprint density at radius 1 is 1.00 bits per heavy atom. The number of thiophene rings is 1. The fourth-order valence-corrected chi connectivity index (χ4v) is 7.57. The Hall–Kier alpha value is -2.83. The molecular weight excluding hydrogens is 561 g/mol. The number of nitrogens with zero attached hydrogens (tertiary/aromatic N) is 3. The fraction of sp³-hybridized carbons (Fsp3) is 0.464. The van der Waals surface area contributed by atoms with Crippen LogP contribution < -0.4 is 5.43 Å². The summed E-state index contributed by atoms with van der Waals surface area (Å²) in [6.45, 7) is 5.41. The number of aliphatic hydroxyl groups is 1. The second-order valence-electron chi connectivity index (χ2n) is 10.3. The maximum absolute atomic E-state index is 13.0. The number of likely N-dealkylation sites (tertiary alicyclic amines) is 2. The number of benzene rings is 1. The normalized spacial score (nSPS) is 21.4. The van der Waals surface area contributed by atoms with Crippen molar-refractivity contribution in [3.05, 3.63) is 63.0 Å². The number of halogens is 3. The monoisotopic (exact) mass is 592 g/mol. The number of amides is 2. The first-order valence-electron chi connectivity index (χ1n) is 13.3. The average Bonchev–Trinajstić information content (AvgIpc) is 3.72. The van der Waals surface area contributed by atoms with Gasteiger partial charge in [0.25, 0.3) is 11.8 Å². The lowest BCUT2D eigenvalue weighted by atomic mass is 10.0. The molecule has 4 heterocycles. The highest BCUT2D eigenvalue weighted by molar-refractivity contribution is 8.08. The van der Waals surface area contributed by atoms with E-state index in [1.165, 1.54) is 36.7 Å². The summed E-state index contributed by atoms with van der Waals surface area (Å²) in [5.74, 6) is -0.533. The summed E-state index contributed by atoms with van der Waals surface area (Å²) in [7, 11) is 0. The maximum atomic E-state index is 13.0. The van der Waals surface area contributed by atoms with Crippen molar-refractivity contribution in [2.24, 2.45) is 11.0 Å².